The van der Waals surface area contributed by atoms with E-state index >= 15 is 0 Å². The molecule has 1 heterocycles. The van der Waals surface area contributed by atoms with E-state index in [1.807, 2.05) is 12.1 Å². The van der Waals surface area contributed by atoms with Crippen molar-refractivity contribution < 1.29 is 4.79 Å². The average molecular weight is 205 g/mol. The molecular formula is C11H11NOS. The highest BCUT2D eigenvalue weighted by Gasteiger charge is 1.98. The zero-order chi connectivity index (χ0) is 9.80. The standard InChI is InChI=1S/C11H11NOS/c13-7-3-6-12-11-8-9-4-1-2-5-10(9)14-11/h1-2,4-5,7-8,12H,3,6H2. The maximum absolute atomic E-state index is 10.1. The average Bonchev–Trinajstić information content (AvgIpc) is 2.60. The van der Waals surface area contributed by atoms with Gasteiger partial charge in [0.1, 0.15) is 6.29 Å². The van der Waals surface area contributed by atoms with Crippen LogP contribution in [0.1, 0.15) is 6.42 Å². The lowest BCUT2D eigenvalue weighted by Gasteiger charge is -1.96. The third kappa shape index (κ3) is 1.93. The van der Waals surface area contributed by atoms with Gasteiger partial charge in [0.2, 0.25) is 0 Å². The summed E-state index contributed by atoms with van der Waals surface area (Å²) in [6.07, 6.45) is 1.49. The van der Waals surface area contributed by atoms with Crippen molar-refractivity contribution in [1.29, 1.82) is 0 Å². The zero-order valence-corrected chi connectivity index (χ0v) is 8.51. The number of benzene rings is 1. The Morgan fingerprint density at radius 1 is 1.36 bits per heavy atom. The van der Waals surface area contributed by atoms with E-state index in [0.29, 0.717) is 6.42 Å². The Morgan fingerprint density at radius 2 is 2.21 bits per heavy atom. The van der Waals surface area contributed by atoms with Gasteiger partial charge in [0.25, 0.3) is 0 Å². The molecule has 1 aromatic carbocycles. The summed E-state index contributed by atoms with van der Waals surface area (Å²) in [7, 11) is 0. The van der Waals surface area contributed by atoms with Crippen molar-refractivity contribution in [3.8, 4) is 0 Å². The Hall–Kier alpha value is -1.35. The molecule has 2 nitrogen and oxygen atoms in total. The third-order valence-electron chi connectivity index (χ3n) is 1.99. The number of carbonyl (C=O) groups is 1. The monoisotopic (exact) mass is 205 g/mol. The lowest BCUT2D eigenvalue weighted by Crippen LogP contribution is -1.99. The summed E-state index contributed by atoms with van der Waals surface area (Å²) in [6.45, 7) is 0.719. The van der Waals surface area contributed by atoms with Gasteiger partial charge in [-0.05, 0) is 17.5 Å². The Balaban J connectivity index is 2.14. The predicted molar refractivity (Wildman–Crippen MR) is 61.0 cm³/mol. The molecule has 0 aliphatic rings. The van der Waals surface area contributed by atoms with E-state index in [0.717, 1.165) is 17.8 Å². The maximum atomic E-state index is 10.1. The van der Waals surface area contributed by atoms with E-state index in [2.05, 4.69) is 23.5 Å². The quantitative estimate of drug-likeness (QED) is 0.614. The first-order valence-electron chi connectivity index (χ1n) is 4.56. The molecule has 0 saturated heterocycles. The minimum Gasteiger partial charge on any atom is -0.376 e. The summed E-state index contributed by atoms with van der Waals surface area (Å²) < 4.78 is 1.28. The molecule has 1 N–H and O–H groups in total. The van der Waals surface area contributed by atoms with E-state index in [1.165, 1.54) is 10.1 Å². The minimum absolute atomic E-state index is 0.564. The van der Waals surface area contributed by atoms with Crippen LogP contribution in [0.5, 0.6) is 0 Å². The molecule has 0 radical (unpaired) electrons. The van der Waals surface area contributed by atoms with Crippen LogP contribution in [-0.2, 0) is 4.79 Å². The van der Waals surface area contributed by atoms with Gasteiger partial charge in [-0.2, -0.15) is 0 Å². The number of rotatable bonds is 4. The highest BCUT2D eigenvalue weighted by molar-refractivity contribution is 7.22. The van der Waals surface area contributed by atoms with Gasteiger partial charge in [0, 0.05) is 17.7 Å². The van der Waals surface area contributed by atoms with Gasteiger partial charge in [0.05, 0.1) is 5.00 Å². The Morgan fingerprint density at radius 3 is 3.00 bits per heavy atom. The Labute approximate surface area is 86.6 Å². The molecule has 0 atom stereocenters. The fourth-order valence-corrected chi connectivity index (χ4v) is 2.31. The van der Waals surface area contributed by atoms with E-state index in [1.54, 1.807) is 11.3 Å². The van der Waals surface area contributed by atoms with Crippen molar-refractivity contribution in [2.45, 2.75) is 6.42 Å². The highest BCUT2D eigenvalue weighted by Crippen LogP contribution is 2.29. The van der Waals surface area contributed by atoms with E-state index < -0.39 is 0 Å². The van der Waals surface area contributed by atoms with Crippen LogP contribution in [0.25, 0.3) is 10.1 Å². The molecule has 0 bridgehead atoms. The molecule has 2 aromatic rings. The lowest BCUT2D eigenvalue weighted by atomic mass is 10.3. The largest absolute Gasteiger partial charge is 0.376 e. The molecule has 0 spiro atoms. The number of hydrogen-bond donors (Lipinski definition) is 1. The predicted octanol–water partition coefficient (Wildman–Crippen LogP) is 2.90. The number of anilines is 1. The topological polar surface area (TPSA) is 29.1 Å². The normalized spacial score (nSPS) is 10.3. The van der Waals surface area contributed by atoms with Crippen molar-refractivity contribution in [2.75, 3.05) is 11.9 Å². The molecule has 0 aliphatic heterocycles. The maximum Gasteiger partial charge on any atom is 0.121 e. The van der Waals surface area contributed by atoms with Gasteiger partial charge in [-0.15, -0.1) is 11.3 Å². The second kappa shape index (κ2) is 4.24. The summed E-state index contributed by atoms with van der Waals surface area (Å²) in [6, 6.07) is 10.4. The second-order valence-corrected chi connectivity index (χ2v) is 4.11. The summed E-state index contributed by atoms with van der Waals surface area (Å²) in [5.74, 6) is 0. The van der Waals surface area contributed by atoms with E-state index in [-0.39, 0.29) is 0 Å². The van der Waals surface area contributed by atoms with E-state index in [4.69, 9.17) is 0 Å². The van der Waals surface area contributed by atoms with Gasteiger partial charge in [-0.1, -0.05) is 18.2 Å². The first-order chi connectivity index (χ1) is 6.90. The smallest absolute Gasteiger partial charge is 0.121 e. The van der Waals surface area contributed by atoms with Crippen molar-refractivity contribution >= 4 is 32.7 Å². The summed E-state index contributed by atoms with van der Waals surface area (Å²) in [5.41, 5.74) is 0. The van der Waals surface area contributed by atoms with Crippen LogP contribution >= 0.6 is 11.3 Å². The zero-order valence-electron chi connectivity index (χ0n) is 7.69. The first kappa shape index (κ1) is 9.21. The molecule has 0 unspecified atom stereocenters. The molecule has 0 saturated carbocycles. The van der Waals surface area contributed by atoms with Crippen LogP contribution in [0, 0.1) is 0 Å². The van der Waals surface area contributed by atoms with Gasteiger partial charge in [-0.3, -0.25) is 0 Å². The molecule has 3 heteroatoms. The van der Waals surface area contributed by atoms with Crippen LogP contribution in [0.2, 0.25) is 0 Å². The number of carbonyl (C=O) groups excluding carboxylic acids is 1. The molecule has 0 amide bonds. The third-order valence-corrected chi connectivity index (χ3v) is 3.06. The SMILES string of the molecule is O=CCCNc1cc2ccccc2s1. The van der Waals surface area contributed by atoms with E-state index in [9.17, 15) is 4.79 Å². The van der Waals surface area contributed by atoms with Crippen LogP contribution < -0.4 is 5.32 Å². The lowest BCUT2D eigenvalue weighted by molar-refractivity contribution is -0.107. The number of fused-ring (bicyclic) bond motifs is 1. The molecule has 1 aromatic heterocycles. The van der Waals surface area contributed by atoms with Crippen LogP contribution in [0.4, 0.5) is 5.00 Å². The van der Waals surface area contributed by atoms with Gasteiger partial charge >= 0.3 is 0 Å². The van der Waals surface area contributed by atoms with Gasteiger partial charge in [-0.25, -0.2) is 0 Å². The summed E-state index contributed by atoms with van der Waals surface area (Å²) >= 11 is 1.72. The molecule has 72 valence electrons. The van der Waals surface area contributed by atoms with Crippen LogP contribution in [0.3, 0.4) is 0 Å². The fourth-order valence-electron chi connectivity index (χ4n) is 1.32. The van der Waals surface area contributed by atoms with Crippen molar-refractivity contribution in [1.82, 2.24) is 0 Å². The molecular weight excluding hydrogens is 194 g/mol. The minimum atomic E-state index is 0.564. The molecule has 0 aliphatic carbocycles. The Bertz CT molecular complexity index is 403. The summed E-state index contributed by atoms with van der Waals surface area (Å²) in [4.78, 5) is 10.1. The Kier molecular flexibility index (Phi) is 2.79. The number of thiophene rings is 1. The number of nitrogens with one attached hydrogen (secondary N) is 1. The van der Waals surface area contributed by atoms with Gasteiger partial charge < -0.3 is 10.1 Å². The van der Waals surface area contributed by atoms with Gasteiger partial charge in [0.15, 0.2) is 0 Å². The molecule has 0 fully saturated rings. The molecule has 14 heavy (non-hydrogen) atoms. The highest BCUT2D eigenvalue weighted by atomic mass is 32.1. The number of hydrogen-bond acceptors (Lipinski definition) is 3. The van der Waals surface area contributed by atoms with Crippen molar-refractivity contribution in [2.24, 2.45) is 0 Å². The second-order valence-electron chi connectivity index (χ2n) is 3.03. The van der Waals surface area contributed by atoms with Crippen molar-refractivity contribution in [3.05, 3.63) is 30.3 Å². The van der Waals surface area contributed by atoms with Crippen LogP contribution in [0.15, 0.2) is 30.3 Å². The number of aldehydes is 1. The molecule has 2 rings (SSSR count). The van der Waals surface area contributed by atoms with Crippen molar-refractivity contribution in [3.63, 3.8) is 0 Å². The first-order valence-corrected chi connectivity index (χ1v) is 5.38. The summed E-state index contributed by atoms with van der Waals surface area (Å²) in [5, 5.41) is 5.61. The van der Waals surface area contributed by atoms with Crippen LogP contribution in [-0.4, -0.2) is 12.8 Å². The fraction of sp³-hybridized carbons (Fsp3) is 0.182.